The predicted molar refractivity (Wildman–Crippen MR) is 71.9 cm³/mol. The molecule has 0 saturated carbocycles. The Bertz CT molecular complexity index is 546. The molecule has 0 aliphatic rings. The van der Waals surface area contributed by atoms with Crippen LogP contribution in [0, 0.1) is 0 Å². The lowest BCUT2D eigenvalue weighted by Gasteiger charge is -2.19. The van der Waals surface area contributed by atoms with E-state index in [9.17, 15) is 4.39 Å². The number of pyridine rings is 1. The average molecular weight is 247 g/mol. The van der Waals surface area contributed by atoms with Gasteiger partial charge in [0.1, 0.15) is 19.0 Å². The van der Waals surface area contributed by atoms with E-state index in [0.717, 1.165) is 10.9 Å². The molecule has 2 aromatic rings. The van der Waals surface area contributed by atoms with Crippen LogP contribution >= 0.6 is 0 Å². The molecule has 1 heterocycles. The molecule has 96 valence electrons. The molecule has 1 aromatic heterocycles. The van der Waals surface area contributed by atoms with Crippen molar-refractivity contribution in [3.8, 4) is 5.75 Å². The van der Waals surface area contributed by atoms with E-state index >= 15 is 0 Å². The lowest BCUT2D eigenvalue weighted by atomic mass is 9.86. The molecule has 0 N–H and O–H groups in total. The van der Waals surface area contributed by atoms with Gasteiger partial charge in [-0.1, -0.05) is 26.8 Å². The van der Waals surface area contributed by atoms with Crippen LogP contribution < -0.4 is 4.74 Å². The smallest absolute Gasteiger partial charge is 0.138 e. The molecule has 0 fully saturated rings. The molecule has 3 heteroatoms. The first-order valence-electron chi connectivity index (χ1n) is 6.10. The van der Waals surface area contributed by atoms with Crippen LogP contribution in [0.25, 0.3) is 10.9 Å². The van der Waals surface area contributed by atoms with Crippen molar-refractivity contribution in [1.82, 2.24) is 4.98 Å². The first kappa shape index (κ1) is 12.8. The predicted octanol–water partition coefficient (Wildman–Crippen LogP) is 3.88. The van der Waals surface area contributed by atoms with Crippen molar-refractivity contribution in [1.29, 1.82) is 0 Å². The molecule has 0 atom stereocenters. The molecule has 1 aromatic carbocycles. The Labute approximate surface area is 107 Å². The van der Waals surface area contributed by atoms with Crippen molar-refractivity contribution in [2.45, 2.75) is 26.2 Å². The summed E-state index contributed by atoms with van der Waals surface area (Å²) in [6.07, 6.45) is 1.63. The number of aromatic nitrogens is 1. The zero-order valence-electron chi connectivity index (χ0n) is 11.0. The van der Waals surface area contributed by atoms with Crippen LogP contribution in [0.4, 0.5) is 4.39 Å². The van der Waals surface area contributed by atoms with Gasteiger partial charge in [0, 0.05) is 5.39 Å². The summed E-state index contributed by atoms with van der Waals surface area (Å²) < 4.78 is 17.3. The van der Waals surface area contributed by atoms with Crippen molar-refractivity contribution in [2.75, 3.05) is 13.3 Å². The van der Waals surface area contributed by atoms with Crippen LogP contribution in [0.1, 0.15) is 26.3 Å². The monoisotopic (exact) mass is 247 g/mol. The summed E-state index contributed by atoms with van der Waals surface area (Å²) in [5.41, 5.74) is 2.28. The molecule has 18 heavy (non-hydrogen) atoms. The van der Waals surface area contributed by atoms with E-state index in [4.69, 9.17) is 4.74 Å². The second kappa shape index (κ2) is 4.92. The minimum Gasteiger partial charge on any atom is -0.489 e. The largest absolute Gasteiger partial charge is 0.489 e. The Morgan fingerprint density at radius 3 is 2.67 bits per heavy atom. The summed E-state index contributed by atoms with van der Waals surface area (Å²) in [6.45, 7) is 6.10. The Morgan fingerprint density at radius 1 is 1.22 bits per heavy atom. The van der Waals surface area contributed by atoms with Crippen LogP contribution in [-0.4, -0.2) is 18.3 Å². The zero-order chi connectivity index (χ0) is 13.2. The molecule has 0 saturated heterocycles. The normalized spacial score (nSPS) is 11.8. The second-order valence-electron chi connectivity index (χ2n) is 5.37. The standard InChI is InChI=1S/C15H18FNO/c1-15(2,3)12-4-5-14-11(8-12)9-13(10-17-14)18-7-6-16/h4-5,8-10H,6-7H2,1-3H3. The van der Waals surface area contributed by atoms with Gasteiger partial charge in [0.05, 0.1) is 11.7 Å². The van der Waals surface area contributed by atoms with Gasteiger partial charge in [-0.05, 0) is 29.2 Å². The highest BCUT2D eigenvalue weighted by Crippen LogP contribution is 2.26. The van der Waals surface area contributed by atoms with E-state index in [1.807, 2.05) is 12.1 Å². The molecule has 2 rings (SSSR count). The van der Waals surface area contributed by atoms with Crippen molar-refractivity contribution in [2.24, 2.45) is 0 Å². The Kier molecular flexibility index (Phi) is 3.50. The van der Waals surface area contributed by atoms with Crippen LogP contribution in [-0.2, 0) is 5.41 Å². The minimum atomic E-state index is -0.486. The lowest BCUT2D eigenvalue weighted by molar-refractivity contribution is 0.273. The van der Waals surface area contributed by atoms with Crippen molar-refractivity contribution in [3.05, 3.63) is 36.0 Å². The van der Waals surface area contributed by atoms with Gasteiger partial charge >= 0.3 is 0 Å². The van der Waals surface area contributed by atoms with Crippen molar-refractivity contribution in [3.63, 3.8) is 0 Å². The highest BCUT2D eigenvalue weighted by Gasteiger charge is 2.14. The van der Waals surface area contributed by atoms with Crippen molar-refractivity contribution < 1.29 is 9.13 Å². The molecule has 2 nitrogen and oxygen atoms in total. The summed E-state index contributed by atoms with van der Waals surface area (Å²) in [6, 6.07) is 8.13. The molecule has 0 aliphatic heterocycles. The fraction of sp³-hybridized carbons (Fsp3) is 0.400. The van der Waals surface area contributed by atoms with E-state index in [-0.39, 0.29) is 12.0 Å². The number of hydrogen-bond acceptors (Lipinski definition) is 2. The quantitative estimate of drug-likeness (QED) is 0.821. The maximum absolute atomic E-state index is 12.1. The van der Waals surface area contributed by atoms with Crippen LogP contribution in [0.15, 0.2) is 30.5 Å². The summed E-state index contributed by atoms with van der Waals surface area (Å²) in [4.78, 5) is 4.31. The molecular formula is C15H18FNO. The minimum absolute atomic E-state index is 0.0755. The SMILES string of the molecule is CC(C)(C)c1ccc2ncc(OCCF)cc2c1. The second-order valence-corrected chi connectivity index (χ2v) is 5.37. The van der Waals surface area contributed by atoms with E-state index in [1.54, 1.807) is 6.20 Å². The van der Waals surface area contributed by atoms with Gasteiger partial charge in [-0.25, -0.2) is 4.39 Å². The van der Waals surface area contributed by atoms with E-state index < -0.39 is 6.67 Å². The molecule has 0 unspecified atom stereocenters. The maximum Gasteiger partial charge on any atom is 0.138 e. The van der Waals surface area contributed by atoms with Crippen LogP contribution in [0.3, 0.4) is 0 Å². The Hall–Kier alpha value is -1.64. The Balaban J connectivity index is 2.40. The van der Waals surface area contributed by atoms with Crippen molar-refractivity contribution >= 4 is 10.9 Å². The van der Waals surface area contributed by atoms with E-state index in [2.05, 4.69) is 37.9 Å². The fourth-order valence-electron chi connectivity index (χ4n) is 1.81. The maximum atomic E-state index is 12.1. The third kappa shape index (κ3) is 2.78. The third-order valence-electron chi connectivity index (χ3n) is 2.87. The molecule has 0 aliphatic carbocycles. The van der Waals surface area contributed by atoms with E-state index in [1.165, 1.54) is 5.56 Å². The molecule has 0 radical (unpaired) electrons. The highest BCUT2D eigenvalue weighted by atomic mass is 19.1. The fourth-order valence-corrected chi connectivity index (χ4v) is 1.81. The van der Waals surface area contributed by atoms with Gasteiger partial charge in [-0.15, -0.1) is 0 Å². The van der Waals surface area contributed by atoms with Gasteiger partial charge < -0.3 is 4.74 Å². The zero-order valence-corrected chi connectivity index (χ0v) is 11.0. The van der Waals surface area contributed by atoms with Crippen LogP contribution in [0.5, 0.6) is 5.75 Å². The number of nitrogens with zero attached hydrogens (tertiary/aromatic N) is 1. The third-order valence-corrected chi connectivity index (χ3v) is 2.87. The molecular weight excluding hydrogens is 229 g/mol. The number of fused-ring (bicyclic) bond motifs is 1. The number of halogens is 1. The van der Waals surface area contributed by atoms with E-state index in [0.29, 0.717) is 5.75 Å². The first-order valence-corrected chi connectivity index (χ1v) is 6.10. The van der Waals surface area contributed by atoms with Crippen LogP contribution in [0.2, 0.25) is 0 Å². The lowest BCUT2D eigenvalue weighted by Crippen LogP contribution is -2.10. The highest BCUT2D eigenvalue weighted by molar-refractivity contribution is 5.80. The summed E-state index contributed by atoms with van der Waals surface area (Å²) >= 11 is 0. The number of hydrogen-bond donors (Lipinski definition) is 0. The number of ether oxygens (including phenoxy) is 1. The summed E-state index contributed by atoms with van der Waals surface area (Å²) in [5, 5.41) is 1.03. The molecule has 0 spiro atoms. The summed E-state index contributed by atoms with van der Waals surface area (Å²) in [5.74, 6) is 0.617. The van der Waals surface area contributed by atoms with Gasteiger partial charge in [-0.3, -0.25) is 4.98 Å². The number of alkyl halides is 1. The molecule has 0 amide bonds. The number of rotatable bonds is 3. The van der Waals surface area contributed by atoms with Gasteiger partial charge in [0.15, 0.2) is 0 Å². The summed E-state index contributed by atoms with van der Waals surface area (Å²) in [7, 11) is 0. The number of benzene rings is 1. The van der Waals surface area contributed by atoms with Gasteiger partial charge in [-0.2, -0.15) is 0 Å². The average Bonchev–Trinajstić information content (AvgIpc) is 2.34. The van der Waals surface area contributed by atoms with Gasteiger partial charge in [0.25, 0.3) is 0 Å². The van der Waals surface area contributed by atoms with Gasteiger partial charge in [0.2, 0.25) is 0 Å². The Morgan fingerprint density at radius 2 is 2.00 bits per heavy atom. The first-order chi connectivity index (χ1) is 8.50. The molecule has 0 bridgehead atoms. The topological polar surface area (TPSA) is 22.1 Å².